The summed E-state index contributed by atoms with van der Waals surface area (Å²) in [6.45, 7) is 6.24. The summed E-state index contributed by atoms with van der Waals surface area (Å²) in [6, 6.07) is 4.70. The number of carbonyl (C=O) groups is 1. The van der Waals surface area contributed by atoms with Crippen LogP contribution in [-0.2, 0) is 6.54 Å². The van der Waals surface area contributed by atoms with Gasteiger partial charge in [-0.05, 0) is 38.1 Å². The van der Waals surface area contributed by atoms with Gasteiger partial charge in [0.25, 0.3) is 11.5 Å². The van der Waals surface area contributed by atoms with Crippen molar-refractivity contribution in [1.29, 1.82) is 0 Å². The van der Waals surface area contributed by atoms with E-state index in [4.69, 9.17) is 0 Å². The van der Waals surface area contributed by atoms with Gasteiger partial charge in [0.1, 0.15) is 0 Å². The predicted octanol–water partition coefficient (Wildman–Crippen LogP) is 0.861. The molecule has 8 heteroatoms. The van der Waals surface area contributed by atoms with E-state index < -0.39 is 5.69 Å². The molecule has 24 heavy (non-hydrogen) atoms. The summed E-state index contributed by atoms with van der Waals surface area (Å²) in [5.41, 5.74) is -0.0213. The maximum atomic E-state index is 12.2. The maximum absolute atomic E-state index is 12.2. The molecule has 3 N–H and O–H groups in total. The lowest BCUT2D eigenvalue weighted by molar-refractivity contribution is 0.0954. The Morgan fingerprint density at radius 2 is 1.92 bits per heavy atom. The minimum Gasteiger partial charge on any atom is -0.351 e. The molecule has 1 aromatic carbocycles. The average Bonchev–Trinajstić information content (AvgIpc) is 2.54. The van der Waals surface area contributed by atoms with E-state index in [0.717, 1.165) is 17.5 Å². The van der Waals surface area contributed by atoms with Gasteiger partial charge >= 0.3 is 5.69 Å². The quantitative estimate of drug-likeness (QED) is 0.642. The van der Waals surface area contributed by atoms with E-state index in [0.29, 0.717) is 36.1 Å². The first-order valence-corrected chi connectivity index (χ1v) is 7.84. The Morgan fingerprint density at radius 1 is 1.17 bits per heavy atom. The summed E-state index contributed by atoms with van der Waals surface area (Å²) >= 11 is 0. The number of halogens is 1. The monoisotopic (exact) mass is 354 g/mol. The van der Waals surface area contributed by atoms with Gasteiger partial charge in [-0.15, -0.1) is 12.4 Å². The van der Waals surface area contributed by atoms with Crippen molar-refractivity contribution >= 4 is 29.2 Å². The van der Waals surface area contributed by atoms with E-state index in [2.05, 4.69) is 22.5 Å². The lowest BCUT2D eigenvalue weighted by Crippen LogP contribution is -2.34. The van der Waals surface area contributed by atoms with Gasteiger partial charge in [-0.1, -0.05) is 6.92 Å². The average molecular weight is 355 g/mol. The predicted molar refractivity (Wildman–Crippen MR) is 97.2 cm³/mol. The van der Waals surface area contributed by atoms with Crippen LogP contribution in [0.2, 0.25) is 0 Å². The largest absolute Gasteiger partial charge is 0.351 e. The van der Waals surface area contributed by atoms with Crippen molar-refractivity contribution in [2.24, 2.45) is 0 Å². The summed E-state index contributed by atoms with van der Waals surface area (Å²) in [7, 11) is 0. The zero-order valence-electron chi connectivity index (χ0n) is 13.8. The number of aromatic nitrogens is 2. The molecule has 1 heterocycles. The summed E-state index contributed by atoms with van der Waals surface area (Å²) in [6.07, 6.45) is 1.04. The van der Waals surface area contributed by atoms with Crippen molar-refractivity contribution in [3.63, 3.8) is 0 Å². The molecule has 0 bridgehead atoms. The fraction of sp³-hybridized carbons (Fsp3) is 0.438. The van der Waals surface area contributed by atoms with Crippen LogP contribution in [0.3, 0.4) is 0 Å². The number of nitrogens with one attached hydrogen (secondary N) is 3. The highest BCUT2D eigenvalue weighted by Crippen LogP contribution is 2.09. The fourth-order valence-electron chi connectivity index (χ4n) is 2.35. The zero-order chi connectivity index (χ0) is 16.8. The van der Waals surface area contributed by atoms with Crippen LogP contribution >= 0.6 is 12.4 Å². The Labute approximate surface area is 145 Å². The summed E-state index contributed by atoms with van der Waals surface area (Å²) < 4.78 is 1.13. The second-order valence-electron chi connectivity index (χ2n) is 5.25. The lowest BCUT2D eigenvalue weighted by atomic mass is 10.1. The molecule has 0 fully saturated rings. The third-order valence-corrected chi connectivity index (χ3v) is 3.57. The third kappa shape index (κ3) is 4.46. The van der Waals surface area contributed by atoms with Crippen LogP contribution in [0.4, 0.5) is 0 Å². The highest BCUT2D eigenvalue weighted by Gasteiger charge is 2.10. The Morgan fingerprint density at radius 3 is 2.58 bits per heavy atom. The van der Waals surface area contributed by atoms with Crippen molar-refractivity contribution in [1.82, 2.24) is 20.2 Å². The normalized spacial score (nSPS) is 10.4. The second kappa shape index (κ2) is 9.24. The number of aromatic amines is 1. The van der Waals surface area contributed by atoms with E-state index in [-0.39, 0.29) is 23.9 Å². The number of hydrogen-bond acceptors (Lipinski definition) is 4. The van der Waals surface area contributed by atoms with Crippen molar-refractivity contribution < 1.29 is 4.79 Å². The van der Waals surface area contributed by atoms with Gasteiger partial charge < -0.3 is 15.6 Å². The highest BCUT2D eigenvalue weighted by molar-refractivity contribution is 5.97. The van der Waals surface area contributed by atoms with Crippen molar-refractivity contribution in [3.8, 4) is 0 Å². The molecule has 0 saturated heterocycles. The Bertz CT molecular complexity index is 813. The molecule has 1 amide bonds. The molecular weight excluding hydrogens is 332 g/mol. The number of fused-ring (bicyclic) bond motifs is 1. The standard InChI is InChI=1S/C16H22N4O3.ClH/c1-3-7-17-8-9-18-14(21)11-5-6-12-13(10-11)19-16(23)20(4-2)15(12)22;/h5-6,10,17H,3-4,7-9H2,1-2H3,(H,18,21)(H,19,23);1H. The van der Waals surface area contributed by atoms with Crippen LogP contribution in [0.5, 0.6) is 0 Å². The fourth-order valence-corrected chi connectivity index (χ4v) is 2.35. The van der Waals surface area contributed by atoms with Crippen LogP contribution in [0.15, 0.2) is 27.8 Å². The number of carbonyl (C=O) groups excluding carboxylic acids is 1. The molecule has 2 aromatic rings. The van der Waals surface area contributed by atoms with E-state index in [1.807, 2.05) is 0 Å². The summed E-state index contributed by atoms with van der Waals surface area (Å²) in [5.74, 6) is -0.231. The Kier molecular flexibility index (Phi) is 7.67. The topological polar surface area (TPSA) is 96.0 Å². The van der Waals surface area contributed by atoms with Gasteiger partial charge in [-0.25, -0.2) is 4.79 Å². The smallest absolute Gasteiger partial charge is 0.328 e. The summed E-state index contributed by atoms with van der Waals surface area (Å²) in [4.78, 5) is 38.7. The number of amides is 1. The molecule has 0 saturated carbocycles. The molecule has 0 aliphatic heterocycles. The minimum atomic E-state index is -0.466. The van der Waals surface area contributed by atoms with E-state index in [1.54, 1.807) is 19.1 Å². The van der Waals surface area contributed by atoms with Gasteiger partial charge in [-0.3, -0.25) is 14.2 Å². The van der Waals surface area contributed by atoms with E-state index in [1.165, 1.54) is 6.07 Å². The number of H-pyrrole nitrogens is 1. The Balaban J connectivity index is 0.00000288. The molecule has 2 rings (SSSR count). The van der Waals surface area contributed by atoms with Crippen LogP contribution < -0.4 is 21.9 Å². The molecule has 0 unspecified atom stereocenters. The van der Waals surface area contributed by atoms with Gasteiger partial charge in [-0.2, -0.15) is 0 Å². The molecule has 132 valence electrons. The van der Waals surface area contributed by atoms with Crippen molar-refractivity contribution in [2.75, 3.05) is 19.6 Å². The van der Waals surface area contributed by atoms with Crippen LogP contribution in [-0.4, -0.2) is 35.1 Å². The first kappa shape index (κ1) is 19.9. The number of benzene rings is 1. The number of rotatable bonds is 7. The van der Waals surface area contributed by atoms with Gasteiger partial charge in [0, 0.05) is 25.2 Å². The third-order valence-electron chi connectivity index (χ3n) is 3.57. The van der Waals surface area contributed by atoms with Crippen molar-refractivity contribution in [3.05, 3.63) is 44.6 Å². The van der Waals surface area contributed by atoms with Gasteiger partial charge in [0.2, 0.25) is 0 Å². The minimum absolute atomic E-state index is 0. The summed E-state index contributed by atoms with van der Waals surface area (Å²) in [5, 5.41) is 6.39. The van der Waals surface area contributed by atoms with Crippen LogP contribution in [0.1, 0.15) is 30.6 Å². The molecule has 0 aliphatic carbocycles. The lowest BCUT2D eigenvalue weighted by Gasteiger charge is -2.08. The maximum Gasteiger partial charge on any atom is 0.328 e. The SMILES string of the molecule is CCCNCCNC(=O)c1ccc2c(=O)n(CC)c(=O)[nH]c2c1.Cl. The first-order chi connectivity index (χ1) is 11.1. The van der Waals surface area contributed by atoms with Crippen LogP contribution in [0.25, 0.3) is 10.9 Å². The molecule has 0 spiro atoms. The second-order valence-corrected chi connectivity index (χ2v) is 5.25. The molecule has 0 radical (unpaired) electrons. The Hall–Kier alpha value is -2.12. The molecule has 7 nitrogen and oxygen atoms in total. The molecule has 1 aromatic heterocycles. The number of nitrogens with zero attached hydrogens (tertiary/aromatic N) is 1. The zero-order valence-corrected chi connectivity index (χ0v) is 14.7. The molecule has 0 aliphatic rings. The van der Waals surface area contributed by atoms with Gasteiger partial charge in [0.05, 0.1) is 10.9 Å². The van der Waals surface area contributed by atoms with E-state index >= 15 is 0 Å². The van der Waals surface area contributed by atoms with Crippen molar-refractivity contribution in [2.45, 2.75) is 26.8 Å². The van der Waals surface area contributed by atoms with Crippen LogP contribution in [0, 0.1) is 0 Å². The van der Waals surface area contributed by atoms with Gasteiger partial charge in [0.15, 0.2) is 0 Å². The highest BCUT2D eigenvalue weighted by atomic mass is 35.5. The first-order valence-electron chi connectivity index (χ1n) is 7.84. The number of hydrogen-bond donors (Lipinski definition) is 3. The van der Waals surface area contributed by atoms with E-state index in [9.17, 15) is 14.4 Å². The molecular formula is C16H23ClN4O3. The molecule has 0 atom stereocenters.